The highest BCUT2D eigenvalue weighted by atomic mass is 32.2. The molecular formula is C9H13N3O3S2. The van der Waals surface area contributed by atoms with Gasteiger partial charge in [0.15, 0.2) is 15.0 Å². The summed E-state index contributed by atoms with van der Waals surface area (Å²) in [5.41, 5.74) is 5.76. The van der Waals surface area contributed by atoms with Gasteiger partial charge in [-0.2, -0.15) is 0 Å². The predicted molar refractivity (Wildman–Crippen MR) is 65.7 cm³/mol. The second kappa shape index (κ2) is 4.61. The third-order valence-corrected chi connectivity index (χ3v) is 4.97. The van der Waals surface area contributed by atoms with Crippen molar-refractivity contribution in [2.75, 3.05) is 30.3 Å². The van der Waals surface area contributed by atoms with Crippen molar-refractivity contribution in [2.45, 2.75) is 6.42 Å². The summed E-state index contributed by atoms with van der Waals surface area (Å²) in [5.74, 6) is -0.0658. The molecule has 0 aliphatic carbocycles. The van der Waals surface area contributed by atoms with Crippen LogP contribution in [0.25, 0.3) is 0 Å². The van der Waals surface area contributed by atoms with Gasteiger partial charge in [0.25, 0.3) is 5.91 Å². The van der Waals surface area contributed by atoms with Crippen LogP contribution in [-0.4, -0.2) is 48.8 Å². The quantitative estimate of drug-likeness (QED) is 0.778. The summed E-state index contributed by atoms with van der Waals surface area (Å²) in [6.07, 6.45) is 0.480. The van der Waals surface area contributed by atoms with Crippen LogP contribution in [0.4, 0.5) is 5.13 Å². The molecule has 0 aromatic carbocycles. The average molecular weight is 275 g/mol. The van der Waals surface area contributed by atoms with Crippen LogP contribution in [-0.2, 0) is 9.84 Å². The van der Waals surface area contributed by atoms with Crippen molar-refractivity contribution in [3.05, 3.63) is 11.1 Å². The van der Waals surface area contributed by atoms with Gasteiger partial charge >= 0.3 is 0 Å². The molecule has 1 fully saturated rings. The standard InChI is InChI=1S/C9H13N3O3S2/c10-9-11-7(6-16-9)8(13)12-2-1-4-17(14,15)5-3-12/h6H,1-5H2,(H2,10,11). The number of carbonyl (C=O) groups excluding carboxylic acids is 1. The molecule has 1 aromatic heterocycles. The second-order valence-electron chi connectivity index (χ2n) is 3.87. The summed E-state index contributed by atoms with van der Waals surface area (Å²) in [6, 6.07) is 0. The molecule has 1 aromatic rings. The lowest BCUT2D eigenvalue weighted by Crippen LogP contribution is -2.33. The minimum atomic E-state index is -3.00. The third kappa shape index (κ3) is 2.95. The fourth-order valence-corrected chi connectivity index (χ4v) is 3.50. The summed E-state index contributed by atoms with van der Waals surface area (Å²) >= 11 is 1.20. The molecule has 17 heavy (non-hydrogen) atoms. The topological polar surface area (TPSA) is 93.4 Å². The number of hydrogen-bond donors (Lipinski definition) is 1. The summed E-state index contributed by atoms with van der Waals surface area (Å²) in [4.78, 5) is 17.4. The Labute approximate surface area is 103 Å². The van der Waals surface area contributed by atoms with Crippen molar-refractivity contribution in [1.29, 1.82) is 0 Å². The molecule has 0 unspecified atom stereocenters. The average Bonchev–Trinajstić information content (AvgIpc) is 2.60. The lowest BCUT2D eigenvalue weighted by molar-refractivity contribution is 0.0763. The highest BCUT2D eigenvalue weighted by Gasteiger charge is 2.24. The first-order valence-electron chi connectivity index (χ1n) is 5.19. The molecule has 1 amide bonds. The SMILES string of the molecule is Nc1nc(C(=O)N2CCCS(=O)(=O)CC2)cs1. The van der Waals surface area contributed by atoms with Crippen molar-refractivity contribution < 1.29 is 13.2 Å². The maximum atomic E-state index is 12.0. The van der Waals surface area contributed by atoms with Crippen molar-refractivity contribution in [3.8, 4) is 0 Å². The lowest BCUT2D eigenvalue weighted by Gasteiger charge is -2.18. The summed E-state index contributed by atoms with van der Waals surface area (Å²) in [6.45, 7) is 0.689. The Morgan fingerprint density at radius 3 is 2.82 bits per heavy atom. The number of rotatable bonds is 1. The Bertz CT molecular complexity index is 523. The number of thiazole rings is 1. The second-order valence-corrected chi connectivity index (χ2v) is 7.06. The number of nitrogens with two attached hydrogens (primary N) is 1. The molecular weight excluding hydrogens is 262 g/mol. The van der Waals surface area contributed by atoms with Gasteiger partial charge in [0.1, 0.15) is 5.69 Å². The number of carbonyl (C=O) groups is 1. The van der Waals surface area contributed by atoms with Crippen LogP contribution in [0.15, 0.2) is 5.38 Å². The smallest absolute Gasteiger partial charge is 0.273 e. The molecule has 1 saturated heterocycles. The van der Waals surface area contributed by atoms with Gasteiger partial charge in [-0.25, -0.2) is 13.4 Å². The van der Waals surface area contributed by atoms with Gasteiger partial charge in [0, 0.05) is 18.5 Å². The van der Waals surface area contributed by atoms with E-state index in [1.807, 2.05) is 0 Å². The van der Waals surface area contributed by atoms with E-state index in [-0.39, 0.29) is 24.0 Å². The molecule has 2 N–H and O–H groups in total. The van der Waals surface area contributed by atoms with Gasteiger partial charge in [-0.3, -0.25) is 4.79 Å². The number of nitrogens with zero attached hydrogens (tertiary/aromatic N) is 2. The van der Waals surface area contributed by atoms with Gasteiger partial charge < -0.3 is 10.6 Å². The molecule has 0 saturated carbocycles. The summed E-state index contributed by atoms with van der Waals surface area (Å²) in [5, 5.41) is 1.94. The largest absolute Gasteiger partial charge is 0.375 e. The van der Waals surface area contributed by atoms with Gasteiger partial charge in [-0.05, 0) is 6.42 Å². The van der Waals surface area contributed by atoms with E-state index in [2.05, 4.69) is 4.98 Å². The van der Waals surface area contributed by atoms with E-state index in [1.54, 1.807) is 5.38 Å². The first kappa shape index (κ1) is 12.3. The zero-order chi connectivity index (χ0) is 12.5. The van der Waals surface area contributed by atoms with Crippen molar-refractivity contribution in [1.82, 2.24) is 9.88 Å². The van der Waals surface area contributed by atoms with Crippen LogP contribution in [0, 0.1) is 0 Å². The van der Waals surface area contributed by atoms with Crippen LogP contribution in [0.5, 0.6) is 0 Å². The van der Waals surface area contributed by atoms with E-state index < -0.39 is 9.84 Å². The van der Waals surface area contributed by atoms with Gasteiger partial charge in [-0.15, -0.1) is 11.3 Å². The molecule has 1 aliphatic rings. The van der Waals surface area contributed by atoms with E-state index >= 15 is 0 Å². The number of amides is 1. The van der Waals surface area contributed by atoms with Crippen LogP contribution in [0.3, 0.4) is 0 Å². The molecule has 0 radical (unpaired) electrons. The maximum absolute atomic E-state index is 12.0. The molecule has 1 aliphatic heterocycles. The Morgan fingerprint density at radius 2 is 2.18 bits per heavy atom. The first-order valence-corrected chi connectivity index (χ1v) is 7.89. The number of hydrogen-bond acceptors (Lipinski definition) is 6. The van der Waals surface area contributed by atoms with E-state index in [0.29, 0.717) is 23.8 Å². The van der Waals surface area contributed by atoms with Gasteiger partial charge in [0.2, 0.25) is 0 Å². The van der Waals surface area contributed by atoms with Gasteiger partial charge in [-0.1, -0.05) is 0 Å². The molecule has 0 bridgehead atoms. The fourth-order valence-electron chi connectivity index (χ4n) is 1.69. The van der Waals surface area contributed by atoms with E-state index in [1.165, 1.54) is 16.2 Å². The maximum Gasteiger partial charge on any atom is 0.273 e. The highest BCUT2D eigenvalue weighted by Crippen LogP contribution is 2.14. The Balaban J connectivity index is 2.10. The lowest BCUT2D eigenvalue weighted by atomic mass is 10.3. The van der Waals surface area contributed by atoms with Crippen LogP contribution < -0.4 is 5.73 Å². The fraction of sp³-hybridized carbons (Fsp3) is 0.556. The Morgan fingerprint density at radius 1 is 1.41 bits per heavy atom. The first-order chi connectivity index (χ1) is 7.98. The van der Waals surface area contributed by atoms with Crippen molar-refractivity contribution in [2.24, 2.45) is 0 Å². The Hall–Kier alpha value is -1.15. The predicted octanol–water partition coefficient (Wildman–Crippen LogP) is -0.0140. The third-order valence-electron chi connectivity index (χ3n) is 2.58. The van der Waals surface area contributed by atoms with Crippen molar-refractivity contribution >= 4 is 32.2 Å². The number of nitrogen functional groups attached to an aromatic ring is 1. The number of aromatic nitrogens is 1. The van der Waals surface area contributed by atoms with Crippen LogP contribution in [0.1, 0.15) is 16.9 Å². The normalized spacial score (nSPS) is 19.9. The van der Waals surface area contributed by atoms with E-state index in [9.17, 15) is 13.2 Å². The molecule has 2 rings (SSSR count). The monoisotopic (exact) mass is 275 g/mol. The minimum absolute atomic E-state index is 0.0262. The number of sulfone groups is 1. The van der Waals surface area contributed by atoms with E-state index in [0.717, 1.165) is 0 Å². The Kier molecular flexibility index (Phi) is 3.34. The summed E-state index contributed by atoms with van der Waals surface area (Å²) in [7, 11) is -3.00. The van der Waals surface area contributed by atoms with Crippen LogP contribution in [0.2, 0.25) is 0 Å². The molecule has 6 nitrogen and oxygen atoms in total. The van der Waals surface area contributed by atoms with Crippen molar-refractivity contribution in [3.63, 3.8) is 0 Å². The zero-order valence-electron chi connectivity index (χ0n) is 9.13. The van der Waals surface area contributed by atoms with E-state index in [4.69, 9.17) is 5.73 Å². The highest BCUT2D eigenvalue weighted by molar-refractivity contribution is 7.91. The summed E-state index contributed by atoms with van der Waals surface area (Å²) < 4.78 is 22.8. The molecule has 94 valence electrons. The molecule has 0 spiro atoms. The van der Waals surface area contributed by atoms with Gasteiger partial charge in [0.05, 0.1) is 11.5 Å². The molecule has 2 heterocycles. The molecule has 0 atom stereocenters. The minimum Gasteiger partial charge on any atom is -0.375 e. The zero-order valence-corrected chi connectivity index (χ0v) is 10.8. The number of anilines is 1. The van der Waals surface area contributed by atoms with Crippen LogP contribution >= 0.6 is 11.3 Å². The molecule has 8 heteroatoms.